The van der Waals surface area contributed by atoms with E-state index in [2.05, 4.69) is 125 Å². The van der Waals surface area contributed by atoms with Gasteiger partial charge in [0.05, 0.1) is 51.1 Å². The number of esters is 2. The van der Waals surface area contributed by atoms with Gasteiger partial charge in [-0.3, -0.25) is 67.9 Å². The van der Waals surface area contributed by atoms with Crippen LogP contribution in [0.25, 0.3) is 0 Å². The van der Waals surface area contributed by atoms with E-state index < -0.39 is 97.8 Å². The number of benzene rings is 1. The lowest BCUT2D eigenvalue weighted by molar-refractivity contribution is -0.192. The molecule has 11 aliphatic rings. The molecule has 11 heterocycles. The molecule has 43 heteroatoms. The zero-order valence-corrected chi connectivity index (χ0v) is 70.1. The van der Waals surface area contributed by atoms with Crippen LogP contribution in [0.15, 0.2) is 36.5 Å². The molecule has 0 spiro atoms. The Morgan fingerprint density at radius 2 is 1.21 bits per heavy atom. The van der Waals surface area contributed by atoms with Crippen molar-refractivity contribution in [1.29, 1.82) is 0 Å². The van der Waals surface area contributed by atoms with E-state index in [0.717, 1.165) is 70.1 Å². The number of alkyl halides is 3. The first-order chi connectivity index (χ1) is 55.4. The molecule has 0 unspecified atom stereocenters. The molecule has 1 aliphatic carbocycles. The van der Waals surface area contributed by atoms with Gasteiger partial charge < -0.3 is 101 Å². The van der Waals surface area contributed by atoms with E-state index in [1.54, 1.807) is 4.68 Å². The van der Waals surface area contributed by atoms with Crippen LogP contribution in [0.4, 0.5) is 13.2 Å². The van der Waals surface area contributed by atoms with E-state index in [0.29, 0.717) is 69.9 Å². The number of carboxylic acid groups (broad SMARTS) is 6. The maximum Gasteiger partial charge on any atom is 0.490 e. The van der Waals surface area contributed by atoms with Gasteiger partial charge in [-0.1, -0.05) is 81.0 Å². The molecule has 1 aromatic heterocycles. The Morgan fingerprint density at radius 3 is 1.69 bits per heavy atom. The summed E-state index contributed by atoms with van der Waals surface area (Å²) in [6.07, 6.45) is 14.6. The Bertz CT molecular complexity index is 3380. The van der Waals surface area contributed by atoms with Crippen molar-refractivity contribution in [2.75, 3.05) is 79.6 Å². The predicted octanol–water partition coefficient (Wildman–Crippen LogP) is 3.10. The summed E-state index contributed by atoms with van der Waals surface area (Å²) in [5.74, 6) is -7.56. The summed E-state index contributed by atoms with van der Waals surface area (Å²) < 4.78 is 63.4. The second kappa shape index (κ2) is 53.0. The van der Waals surface area contributed by atoms with E-state index in [1.165, 1.54) is 103 Å². The quantitative estimate of drug-likeness (QED) is 0.0369. The number of fused-ring (bicyclic) bond motifs is 1. The summed E-state index contributed by atoms with van der Waals surface area (Å²) in [6, 6.07) is 9.52. The van der Waals surface area contributed by atoms with Crippen molar-refractivity contribution >= 4 is 87.6 Å². The number of ether oxygens (including phenoxy) is 4. The predicted molar refractivity (Wildman–Crippen MR) is 424 cm³/mol. The van der Waals surface area contributed by atoms with E-state index in [4.69, 9.17) is 54.7 Å². The highest BCUT2D eigenvalue weighted by Crippen LogP contribution is 2.43. The highest BCUT2D eigenvalue weighted by atomic mass is 32.4. The Kier molecular flexibility index (Phi) is 46.4. The standard InChI is InChI=1S/C15H22N2O.C10H16N4O3.C10H15NO6.C9H16N2O2.C9H18N2.C9H15NO2.C6H9NO4.C4H10NO3P.C2HF3O2.HPS/c1-15(2,3)14-16-12(13(18)17(14)4)10-11-8-6-5-7-9-11;1-2-14-5-7(12-13-14)6-17-8-3-9(10(15)16)11-4-8;1-16-8(12)2-3-9(13)17-6-4-7(10(14)15)11-5-6;12-9(13)8-5-7(6-10-8)11-3-1-2-4-11;1-2-7-11(6-1)8-9-4-3-5-10-9;11-9(12)8-5-6-3-1-2-4-7(6)10-8;8-3-11-5-2-1-4(7-5)6(9)10;6-9(7,8)4-2-1-3-5-4;3-2(4,5)1(6)7;1-2/h5-9,12,14,16H,10H2,1-4H3;5,8-9,11H,2-4,6H2,1H3,(H,15,16);6-7,11H,2-5H2,1H3,(H,14,15);7-8,10H,1-6H2,(H,12,13);9-10H,1-8H2;6-8,10H,1-5H2,(H,11,12);3-5,7H,1-2H2,(H,9,10);4-5H,1-3H2,(H2,6,7,8);(H,6,7);1H/t12-,14-;8-,9+;6-,7+;7-,8-;9-;6-,7-,8-;4-,5+;4-;;/m01100000../s1. The second-order valence-electron chi connectivity index (χ2n) is 30.9. The number of hydrogen-bond acceptors (Lipinski definition) is 28. The average Bonchev–Trinajstić information content (AvgIpc) is 1.65. The Balaban J connectivity index is 0.000000279. The molecule has 1 amide bonds. The van der Waals surface area contributed by atoms with Crippen molar-refractivity contribution in [3.63, 3.8) is 0 Å². The van der Waals surface area contributed by atoms with Crippen LogP contribution in [0.1, 0.15) is 167 Å². The topological polar surface area (TPSA) is 523 Å². The number of likely N-dealkylation sites (tertiary alicyclic amines) is 2. The van der Waals surface area contributed by atoms with E-state index in [1.807, 2.05) is 43.3 Å². The van der Waals surface area contributed by atoms with Gasteiger partial charge in [-0.2, -0.15) is 13.2 Å². The number of nitrogens with one attached hydrogen (secondary N) is 8. The molecule has 0 radical (unpaired) electrons. The number of methoxy groups -OCH3 is 1. The fraction of sp³-hybridized carbons (Fsp3) is 0.757. The molecule has 1 saturated carbocycles. The maximum absolute atomic E-state index is 12.2. The molecule has 16 N–H and O–H groups in total. The molecule has 0 bridgehead atoms. The van der Waals surface area contributed by atoms with Gasteiger partial charge in [-0.05, 0) is 161 Å². The Hall–Kier alpha value is -6.92. The third-order valence-electron chi connectivity index (χ3n) is 21.1. The molecule has 10 aliphatic heterocycles. The number of hydrogen-bond donors (Lipinski definition) is 16. The van der Waals surface area contributed by atoms with Gasteiger partial charge in [0.15, 0.2) is 6.23 Å². The summed E-state index contributed by atoms with van der Waals surface area (Å²) in [7, 11) is 1.86. The van der Waals surface area contributed by atoms with Crippen LogP contribution in [0.5, 0.6) is 0 Å². The number of carbonyl (C=O) groups is 10. The molecule has 10 saturated heterocycles. The van der Waals surface area contributed by atoms with Gasteiger partial charge in [0, 0.05) is 77.2 Å². The summed E-state index contributed by atoms with van der Waals surface area (Å²) in [5, 5.41) is 82.8. The molecule has 664 valence electrons. The molecule has 15 atom stereocenters. The minimum absolute atomic E-state index is 0.0299. The number of aryl methyl sites for hydroxylation is 1. The number of halogens is 3. The van der Waals surface area contributed by atoms with Crippen molar-refractivity contribution in [3.05, 3.63) is 47.8 Å². The van der Waals surface area contributed by atoms with E-state index in [9.17, 15) is 60.9 Å². The van der Waals surface area contributed by atoms with Crippen molar-refractivity contribution < 1.29 is 125 Å². The normalized spacial score (nSPS) is 27.6. The van der Waals surface area contributed by atoms with Crippen LogP contribution < -0.4 is 42.5 Å². The van der Waals surface area contributed by atoms with E-state index in [-0.39, 0.29) is 61.0 Å². The number of aromatic nitrogens is 3. The van der Waals surface area contributed by atoms with Crippen molar-refractivity contribution in [2.24, 2.45) is 11.3 Å². The second-order valence-corrected chi connectivity index (χ2v) is 32.7. The van der Waals surface area contributed by atoms with Gasteiger partial charge in [0.2, 0.25) is 5.91 Å². The number of likely N-dealkylation sites (N-methyl/N-ethyl adjacent to an activating group) is 1. The first-order valence-electron chi connectivity index (χ1n) is 39.7. The Labute approximate surface area is 687 Å². The monoisotopic (exact) mass is 1730 g/mol. The number of carboxylic acids is 6. The van der Waals surface area contributed by atoms with Crippen LogP contribution in [0.2, 0.25) is 0 Å². The van der Waals surface area contributed by atoms with Crippen molar-refractivity contribution in [2.45, 2.75) is 267 Å². The molecule has 2 aromatic rings. The molecule has 11 fully saturated rings. The SMILES string of the molecule is C1CN[C@H](CN2CCCC2)C1.CCn1cc(CO[C@H]2CN[C@H](C(=O)O)C2)nn1.CN1C(=O)[C@H](Cc2ccccc2)N[C@@H]1C(C)(C)C.COC(=O)CCC(=O)O[C@H]1CN[C@H](C(=O)O)C1.O=C(O)C(F)(F)F.O=C(O)[C@@H]1C[C@@H]2CCCC[C@@H]2N1.O=C(O)[C@@H]1C[C@H](N2CCCC2)CN1.O=CO[C@@H]1CC[C@@H](C(=O)O)N1.O=P(O)(O)[C@H]1CCCN1.P=S. The lowest BCUT2D eigenvalue weighted by Gasteiger charge is -2.32. The first-order valence-corrected chi connectivity index (χ1v) is 43.0. The number of rotatable bonds is 21. The first kappa shape index (κ1) is 102. The van der Waals surface area contributed by atoms with Gasteiger partial charge >= 0.3 is 61.5 Å². The fourth-order valence-electron chi connectivity index (χ4n) is 14.9. The van der Waals surface area contributed by atoms with Crippen molar-refractivity contribution in [1.82, 2.24) is 72.2 Å². The van der Waals surface area contributed by atoms with E-state index >= 15 is 0 Å². The van der Waals surface area contributed by atoms with Gasteiger partial charge in [-0.25, -0.2) is 4.79 Å². The fourth-order valence-corrected chi connectivity index (χ4v) is 15.8. The number of aliphatic carboxylic acids is 6. The van der Waals surface area contributed by atoms with Crippen LogP contribution in [0, 0.1) is 11.3 Å². The molecule has 1 aromatic carbocycles. The zero-order valence-electron chi connectivity index (χ0n) is 67.4. The number of nitrogens with zero attached hydrogens (tertiary/aromatic N) is 6. The average molecular weight is 1730 g/mol. The lowest BCUT2D eigenvalue weighted by atomic mass is 9.85. The molecular formula is C74H123F3N14O23P2S. The van der Waals surface area contributed by atoms with Gasteiger partial charge in [-0.15, -0.1) is 5.10 Å². The van der Waals surface area contributed by atoms with Crippen LogP contribution >= 0.6 is 15.6 Å². The van der Waals surface area contributed by atoms with Gasteiger partial charge in [0.25, 0.3) is 6.47 Å². The summed E-state index contributed by atoms with van der Waals surface area (Å²) >= 11 is 3.89. The largest absolute Gasteiger partial charge is 0.490 e. The third kappa shape index (κ3) is 38.6. The van der Waals surface area contributed by atoms with Crippen LogP contribution in [-0.4, -0.2) is 301 Å². The Morgan fingerprint density at radius 1 is 0.658 bits per heavy atom. The highest BCUT2D eigenvalue weighted by Gasteiger charge is 2.44. The molecule has 117 heavy (non-hydrogen) atoms. The lowest BCUT2D eigenvalue weighted by Crippen LogP contribution is -2.45. The minimum atomic E-state index is -5.08. The van der Waals surface area contributed by atoms with Crippen LogP contribution in [0.3, 0.4) is 0 Å². The highest BCUT2D eigenvalue weighted by molar-refractivity contribution is 7.88. The smallest absolute Gasteiger partial charge is 0.480 e. The summed E-state index contributed by atoms with van der Waals surface area (Å²) in [4.78, 5) is 130. The third-order valence-corrected chi connectivity index (χ3v) is 22.3. The molecule has 37 nitrogen and oxygen atoms in total. The maximum atomic E-state index is 12.2. The van der Waals surface area contributed by atoms with Crippen molar-refractivity contribution in [3.8, 4) is 0 Å². The number of amides is 1. The zero-order chi connectivity index (χ0) is 87.0. The summed E-state index contributed by atoms with van der Waals surface area (Å²) in [6.45, 7) is 19.9. The minimum Gasteiger partial charge on any atom is -0.480 e. The molecular weight excluding hydrogens is 1600 g/mol. The summed E-state index contributed by atoms with van der Waals surface area (Å²) in [5.41, 5.74) is 2.02. The van der Waals surface area contributed by atoms with Crippen LogP contribution in [-0.2, 0) is 103 Å². The number of carbonyl (C=O) groups excluding carboxylic acids is 4. The van der Waals surface area contributed by atoms with Gasteiger partial charge in [0.1, 0.15) is 47.8 Å². The molecule has 13 rings (SSSR count).